The SMILES string of the molecule is Cn1[pH]c(=O)n(C)c1=O. The first-order valence-corrected chi connectivity index (χ1v) is 3.39. The van der Waals surface area contributed by atoms with Gasteiger partial charge >= 0.3 is 5.69 Å². The molecule has 1 unspecified atom stereocenters. The zero-order chi connectivity index (χ0) is 7.02. The average Bonchev–Trinajstić information content (AvgIpc) is 1.98. The summed E-state index contributed by atoms with van der Waals surface area (Å²) in [6.07, 6.45) is 0. The molecule has 4 nitrogen and oxygen atoms in total. The van der Waals surface area contributed by atoms with Crippen LogP contribution in [-0.2, 0) is 14.1 Å². The summed E-state index contributed by atoms with van der Waals surface area (Å²) in [6, 6.07) is 0. The molecule has 1 aromatic heterocycles. The Balaban J connectivity index is 3.68. The monoisotopic (exact) mass is 146 g/mol. The largest absolute Gasteiger partial charge is 0.333 e. The zero-order valence-electron chi connectivity index (χ0n) is 5.21. The fourth-order valence-corrected chi connectivity index (χ4v) is 1.36. The third kappa shape index (κ3) is 0.856. The van der Waals surface area contributed by atoms with Crippen molar-refractivity contribution in [3.8, 4) is 0 Å². The van der Waals surface area contributed by atoms with Crippen LogP contribution in [-0.4, -0.2) is 8.90 Å². The Hall–Kier alpha value is -0.760. The molecular formula is C4H7N2O2P. The van der Waals surface area contributed by atoms with Crippen molar-refractivity contribution in [2.24, 2.45) is 14.1 Å². The highest BCUT2D eigenvalue weighted by Gasteiger charge is 1.97. The quantitative estimate of drug-likeness (QED) is 0.476. The minimum atomic E-state index is -0.210. The minimum Gasteiger partial charge on any atom is -0.285 e. The molecular weight excluding hydrogens is 139 g/mol. The van der Waals surface area contributed by atoms with E-state index in [1.807, 2.05) is 0 Å². The Morgan fingerprint density at radius 3 is 2.00 bits per heavy atom. The standard InChI is InChI=1S/C4H7N2O2P/c1-5-3(7)6(2)9-4(5)8/h9H,1-2H3. The molecule has 1 heterocycles. The van der Waals surface area contributed by atoms with Gasteiger partial charge in [-0.25, -0.2) is 4.79 Å². The van der Waals surface area contributed by atoms with Crippen molar-refractivity contribution >= 4 is 8.35 Å². The second-order valence-electron chi connectivity index (χ2n) is 1.82. The lowest BCUT2D eigenvalue weighted by Gasteiger charge is -1.81. The van der Waals surface area contributed by atoms with Gasteiger partial charge in [-0.3, -0.25) is 13.7 Å². The topological polar surface area (TPSA) is 44.0 Å². The van der Waals surface area contributed by atoms with Crippen LogP contribution in [0.4, 0.5) is 0 Å². The number of nitrogens with zero attached hydrogens (tertiary/aromatic N) is 2. The molecule has 0 fully saturated rings. The summed E-state index contributed by atoms with van der Waals surface area (Å²) in [6.45, 7) is 0. The summed E-state index contributed by atoms with van der Waals surface area (Å²) in [5.41, 5.74) is -0.210. The van der Waals surface area contributed by atoms with Gasteiger partial charge in [0.1, 0.15) is 0 Å². The fraction of sp³-hybridized carbons (Fsp3) is 0.500. The van der Waals surface area contributed by atoms with Crippen LogP contribution in [0.2, 0.25) is 0 Å². The molecule has 0 bridgehead atoms. The van der Waals surface area contributed by atoms with E-state index >= 15 is 0 Å². The molecule has 1 rings (SSSR count). The lowest BCUT2D eigenvalue weighted by atomic mass is 11.0. The van der Waals surface area contributed by atoms with Crippen LogP contribution in [0.1, 0.15) is 0 Å². The van der Waals surface area contributed by atoms with Gasteiger partial charge in [-0.1, -0.05) is 0 Å². The third-order valence-electron chi connectivity index (χ3n) is 1.14. The Morgan fingerprint density at radius 1 is 1.33 bits per heavy atom. The van der Waals surface area contributed by atoms with Gasteiger partial charge in [0, 0.05) is 22.4 Å². The maximum absolute atomic E-state index is 10.8. The molecule has 0 spiro atoms. The molecule has 0 aliphatic rings. The highest BCUT2D eigenvalue weighted by molar-refractivity contribution is 7.24. The molecule has 0 saturated heterocycles. The van der Waals surface area contributed by atoms with E-state index in [0.29, 0.717) is 0 Å². The predicted molar refractivity (Wildman–Crippen MR) is 36.4 cm³/mol. The first-order valence-electron chi connectivity index (χ1n) is 2.45. The van der Waals surface area contributed by atoms with Crippen LogP contribution in [0.3, 0.4) is 0 Å². The number of hydrogen-bond donors (Lipinski definition) is 0. The first-order chi connectivity index (χ1) is 4.13. The normalized spacial score (nSPS) is 10.9. The van der Waals surface area contributed by atoms with Crippen molar-refractivity contribution in [1.29, 1.82) is 0 Å². The van der Waals surface area contributed by atoms with Crippen LogP contribution >= 0.6 is 8.35 Å². The predicted octanol–water partition coefficient (Wildman–Crippen LogP) is -0.885. The summed E-state index contributed by atoms with van der Waals surface area (Å²) < 4.78 is 2.53. The average molecular weight is 146 g/mol. The van der Waals surface area contributed by atoms with E-state index in [1.165, 1.54) is 11.4 Å². The molecule has 1 aromatic rings. The molecule has 9 heavy (non-hydrogen) atoms. The highest BCUT2D eigenvalue weighted by Crippen LogP contribution is 1.84. The molecule has 50 valence electrons. The van der Waals surface area contributed by atoms with Crippen LogP contribution in [0, 0.1) is 0 Å². The molecule has 0 aliphatic heterocycles. The second kappa shape index (κ2) is 1.88. The van der Waals surface area contributed by atoms with Crippen molar-refractivity contribution in [3.63, 3.8) is 0 Å². The first kappa shape index (κ1) is 6.36. The van der Waals surface area contributed by atoms with Gasteiger partial charge in [0.15, 0.2) is 0 Å². The number of hydrogen-bond acceptors (Lipinski definition) is 2. The van der Waals surface area contributed by atoms with Crippen LogP contribution < -0.4 is 11.0 Å². The maximum atomic E-state index is 10.8. The summed E-state index contributed by atoms with van der Waals surface area (Å²) >= 11 is 0. The van der Waals surface area contributed by atoms with Crippen molar-refractivity contribution in [2.45, 2.75) is 0 Å². The van der Waals surface area contributed by atoms with Gasteiger partial charge in [-0.15, -0.1) is 0 Å². The van der Waals surface area contributed by atoms with E-state index in [2.05, 4.69) is 0 Å². The minimum absolute atomic E-state index is 0.0123. The third-order valence-corrected chi connectivity index (χ3v) is 2.20. The molecule has 0 aliphatic carbocycles. The Labute approximate surface area is 52.9 Å². The fourth-order valence-electron chi connectivity index (χ4n) is 0.578. The molecule has 0 saturated carbocycles. The van der Waals surface area contributed by atoms with E-state index in [-0.39, 0.29) is 19.3 Å². The summed E-state index contributed by atoms with van der Waals surface area (Å²) in [5.74, 6) is 0. The van der Waals surface area contributed by atoms with E-state index in [4.69, 9.17) is 0 Å². The summed E-state index contributed by atoms with van der Waals surface area (Å²) in [7, 11) is 3.09. The van der Waals surface area contributed by atoms with Gasteiger partial charge < -0.3 is 0 Å². The molecule has 5 heteroatoms. The summed E-state index contributed by atoms with van der Waals surface area (Å²) in [5, 5.41) is -0.109. The van der Waals surface area contributed by atoms with Crippen molar-refractivity contribution in [3.05, 3.63) is 20.6 Å². The van der Waals surface area contributed by atoms with Gasteiger partial charge in [-0.2, -0.15) is 0 Å². The highest BCUT2D eigenvalue weighted by atomic mass is 31.0. The number of aryl methyl sites for hydroxylation is 1. The van der Waals surface area contributed by atoms with Crippen molar-refractivity contribution in [1.82, 2.24) is 8.90 Å². The van der Waals surface area contributed by atoms with Gasteiger partial charge in [0.25, 0.3) is 5.29 Å². The van der Waals surface area contributed by atoms with E-state index in [0.717, 1.165) is 4.57 Å². The Morgan fingerprint density at radius 2 is 1.89 bits per heavy atom. The van der Waals surface area contributed by atoms with Gasteiger partial charge in [-0.05, 0) is 0 Å². The van der Waals surface area contributed by atoms with Gasteiger partial charge in [0.2, 0.25) is 0 Å². The molecule has 0 N–H and O–H groups in total. The Kier molecular flexibility index (Phi) is 1.33. The van der Waals surface area contributed by atoms with Crippen LogP contribution in [0.5, 0.6) is 0 Å². The van der Waals surface area contributed by atoms with E-state index in [1.54, 1.807) is 7.05 Å². The van der Waals surface area contributed by atoms with E-state index in [9.17, 15) is 9.59 Å². The lowest BCUT2D eigenvalue weighted by molar-refractivity contribution is 0.775. The van der Waals surface area contributed by atoms with Crippen molar-refractivity contribution < 1.29 is 0 Å². The molecule has 0 amide bonds. The maximum Gasteiger partial charge on any atom is 0.333 e. The smallest absolute Gasteiger partial charge is 0.285 e. The zero-order valence-corrected chi connectivity index (χ0v) is 6.21. The Bertz CT molecular complexity index is 318. The van der Waals surface area contributed by atoms with Gasteiger partial charge in [0.05, 0.1) is 0 Å². The number of rotatable bonds is 0. The van der Waals surface area contributed by atoms with Crippen LogP contribution in [0.25, 0.3) is 0 Å². The number of aromatic nitrogens is 2. The summed E-state index contributed by atoms with van der Waals surface area (Å²) in [4.78, 5) is 21.4. The molecule has 0 radical (unpaired) electrons. The van der Waals surface area contributed by atoms with E-state index < -0.39 is 0 Å². The second-order valence-corrected chi connectivity index (χ2v) is 3.14. The van der Waals surface area contributed by atoms with Crippen LogP contribution in [0.15, 0.2) is 9.59 Å². The molecule has 0 aromatic carbocycles. The lowest BCUT2D eigenvalue weighted by Crippen LogP contribution is -2.24. The molecule has 1 atom stereocenters. The van der Waals surface area contributed by atoms with Crippen molar-refractivity contribution in [2.75, 3.05) is 0 Å².